The zero-order chi connectivity index (χ0) is 23.5. The molecule has 0 bridgehead atoms. The van der Waals surface area contributed by atoms with Gasteiger partial charge in [0.1, 0.15) is 0 Å². The summed E-state index contributed by atoms with van der Waals surface area (Å²) in [5.41, 5.74) is 6.37. The maximum absolute atomic E-state index is 11.9. The van der Waals surface area contributed by atoms with Gasteiger partial charge in [-0.15, -0.1) is 0 Å². The molecular formula is C30H27NO3. The van der Waals surface area contributed by atoms with Gasteiger partial charge in [-0.25, -0.2) is 0 Å². The van der Waals surface area contributed by atoms with E-state index in [9.17, 15) is 9.90 Å². The number of aromatic nitrogens is 1. The van der Waals surface area contributed by atoms with Gasteiger partial charge in [-0.05, 0) is 54.9 Å². The van der Waals surface area contributed by atoms with Crippen LogP contribution in [0.4, 0.5) is 0 Å². The Labute approximate surface area is 199 Å². The lowest BCUT2D eigenvalue weighted by Crippen LogP contribution is -2.20. The van der Waals surface area contributed by atoms with Gasteiger partial charge in [0.2, 0.25) is 0 Å². The third kappa shape index (κ3) is 4.19. The smallest absolute Gasteiger partial charge is 0.314 e. The Morgan fingerprint density at radius 2 is 1.56 bits per heavy atom. The second-order valence-electron chi connectivity index (χ2n) is 8.95. The molecule has 0 amide bonds. The van der Waals surface area contributed by atoms with Crippen molar-refractivity contribution in [2.45, 2.75) is 38.0 Å². The molecule has 0 saturated heterocycles. The highest BCUT2D eigenvalue weighted by Crippen LogP contribution is 2.51. The number of hydrogen-bond acceptors (Lipinski definition) is 3. The SMILES string of the molecule is Cc1noc(-c2ccc(-c3ccccc3C3(C(=O)O)CC3)cc2)c1C/C=C/Cc1ccccc1. The highest BCUT2D eigenvalue weighted by Gasteiger charge is 2.52. The Morgan fingerprint density at radius 3 is 2.26 bits per heavy atom. The van der Waals surface area contributed by atoms with Crippen LogP contribution in [0.25, 0.3) is 22.5 Å². The van der Waals surface area contributed by atoms with E-state index in [4.69, 9.17) is 4.52 Å². The van der Waals surface area contributed by atoms with Gasteiger partial charge in [0.25, 0.3) is 0 Å². The maximum Gasteiger partial charge on any atom is 0.314 e. The Balaban J connectivity index is 1.37. The van der Waals surface area contributed by atoms with Crippen LogP contribution in [0, 0.1) is 6.92 Å². The van der Waals surface area contributed by atoms with Crippen LogP contribution in [0.1, 0.15) is 35.2 Å². The van der Waals surface area contributed by atoms with Crippen LogP contribution in [0.15, 0.2) is 95.5 Å². The van der Waals surface area contributed by atoms with E-state index < -0.39 is 11.4 Å². The molecule has 1 N–H and O–H groups in total. The summed E-state index contributed by atoms with van der Waals surface area (Å²) >= 11 is 0. The van der Waals surface area contributed by atoms with Crippen LogP contribution in [0.2, 0.25) is 0 Å². The largest absolute Gasteiger partial charge is 0.481 e. The van der Waals surface area contributed by atoms with E-state index in [2.05, 4.69) is 41.6 Å². The first kappa shape index (κ1) is 21.9. The summed E-state index contributed by atoms with van der Waals surface area (Å²) in [7, 11) is 0. The molecule has 4 aromatic rings. The molecule has 0 atom stereocenters. The number of carbonyl (C=O) groups is 1. The molecule has 170 valence electrons. The molecule has 4 heteroatoms. The number of carboxylic acid groups (broad SMARTS) is 1. The molecule has 4 nitrogen and oxygen atoms in total. The van der Waals surface area contributed by atoms with Crippen LogP contribution in [0.5, 0.6) is 0 Å². The summed E-state index contributed by atoms with van der Waals surface area (Å²) in [4.78, 5) is 11.9. The van der Waals surface area contributed by atoms with Crippen LogP contribution >= 0.6 is 0 Å². The van der Waals surface area contributed by atoms with E-state index in [1.807, 2.05) is 61.5 Å². The molecule has 0 aliphatic heterocycles. The molecule has 1 aliphatic rings. The Bertz CT molecular complexity index is 1330. The summed E-state index contributed by atoms with van der Waals surface area (Å²) in [5, 5.41) is 14.0. The highest BCUT2D eigenvalue weighted by atomic mass is 16.5. The third-order valence-corrected chi connectivity index (χ3v) is 6.73. The van der Waals surface area contributed by atoms with E-state index >= 15 is 0 Å². The van der Waals surface area contributed by atoms with E-state index in [0.29, 0.717) is 12.8 Å². The van der Waals surface area contributed by atoms with Gasteiger partial charge in [-0.2, -0.15) is 0 Å². The van der Waals surface area contributed by atoms with Crippen LogP contribution in [0.3, 0.4) is 0 Å². The van der Waals surface area contributed by atoms with Gasteiger partial charge in [0.15, 0.2) is 5.76 Å². The second kappa shape index (κ2) is 9.14. The molecule has 3 aromatic carbocycles. The standard InChI is InChI=1S/C30H27NO3/c1-21-25(12-6-5-11-22-9-3-2-4-10-22)28(34-31-21)24-17-15-23(16-18-24)26-13-7-8-14-27(26)30(19-20-30)29(32)33/h2-10,13-18H,11-12,19-20H2,1H3,(H,32,33)/b6-5+. The van der Waals surface area contributed by atoms with Crippen molar-refractivity contribution in [1.29, 1.82) is 0 Å². The predicted octanol–water partition coefficient (Wildman–Crippen LogP) is 6.77. The van der Waals surface area contributed by atoms with Crippen molar-refractivity contribution in [3.05, 3.63) is 113 Å². The van der Waals surface area contributed by atoms with E-state index in [0.717, 1.165) is 52.1 Å². The Kier molecular flexibility index (Phi) is 5.89. The van der Waals surface area contributed by atoms with Gasteiger partial charge < -0.3 is 9.63 Å². The highest BCUT2D eigenvalue weighted by molar-refractivity contribution is 5.88. The predicted molar refractivity (Wildman–Crippen MR) is 134 cm³/mol. The number of allylic oxidation sites excluding steroid dienone is 2. The van der Waals surface area contributed by atoms with Crippen molar-refractivity contribution in [2.75, 3.05) is 0 Å². The van der Waals surface area contributed by atoms with Crippen molar-refractivity contribution < 1.29 is 14.4 Å². The quantitative estimate of drug-likeness (QED) is 0.301. The molecule has 1 fully saturated rings. The van der Waals surface area contributed by atoms with Gasteiger partial charge in [-0.3, -0.25) is 4.79 Å². The molecule has 34 heavy (non-hydrogen) atoms. The first-order valence-corrected chi connectivity index (χ1v) is 11.7. The number of aryl methyl sites for hydroxylation is 1. The molecule has 1 saturated carbocycles. The summed E-state index contributed by atoms with van der Waals surface area (Å²) in [6.45, 7) is 1.97. The van der Waals surface area contributed by atoms with Crippen molar-refractivity contribution in [2.24, 2.45) is 0 Å². The summed E-state index contributed by atoms with van der Waals surface area (Å²) in [6.07, 6.45) is 7.38. The molecule has 0 unspecified atom stereocenters. The van der Waals surface area contributed by atoms with Crippen molar-refractivity contribution in [1.82, 2.24) is 5.16 Å². The number of rotatable bonds is 8. The fourth-order valence-corrected chi connectivity index (χ4v) is 4.57. The maximum atomic E-state index is 11.9. The average molecular weight is 450 g/mol. The lowest BCUT2D eigenvalue weighted by molar-refractivity contribution is -0.140. The normalized spacial score (nSPS) is 14.4. The number of nitrogens with zero attached hydrogens (tertiary/aromatic N) is 1. The molecule has 0 spiro atoms. The fraction of sp³-hybridized carbons (Fsp3) is 0.200. The van der Waals surface area contributed by atoms with Gasteiger partial charge in [-0.1, -0.05) is 96.2 Å². The fourth-order valence-electron chi connectivity index (χ4n) is 4.57. The van der Waals surface area contributed by atoms with Gasteiger partial charge in [0.05, 0.1) is 11.1 Å². The zero-order valence-electron chi connectivity index (χ0n) is 19.2. The topological polar surface area (TPSA) is 63.3 Å². The van der Waals surface area contributed by atoms with Crippen molar-refractivity contribution in [3.8, 4) is 22.5 Å². The third-order valence-electron chi connectivity index (χ3n) is 6.73. The Hall–Kier alpha value is -3.92. The lowest BCUT2D eigenvalue weighted by atomic mass is 9.88. The Morgan fingerprint density at radius 1 is 0.912 bits per heavy atom. The summed E-state index contributed by atoms with van der Waals surface area (Å²) < 4.78 is 5.70. The minimum Gasteiger partial charge on any atom is -0.481 e. The van der Waals surface area contributed by atoms with Gasteiger partial charge >= 0.3 is 5.97 Å². The number of aliphatic carboxylic acids is 1. The average Bonchev–Trinajstić information content (AvgIpc) is 3.61. The van der Waals surface area contributed by atoms with Crippen LogP contribution < -0.4 is 0 Å². The van der Waals surface area contributed by atoms with E-state index in [1.165, 1.54) is 5.56 Å². The molecular weight excluding hydrogens is 422 g/mol. The first-order valence-electron chi connectivity index (χ1n) is 11.7. The number of benzene rings is 3. The molecule has 1 aromatic heterocycles. The van der Waals surface area contributed by atoms with E-state index in [-0.39, 0.29) is 0 Å². The second-order valence-corrected chi connectivity index (χ2v) is 8.95. The lowest BCUT2D eigenvalue weighted by Gasteiger charge is -2.16. The minimum absolute atomic E-state index is 0.690. The van der Waals surface area contributed by atoms with Crippen LogP contribution in [-0.4, -0.2) is 16.2 Å². The summed E-state index contributed by atoms with van der Waals surface area (Å²) in [6, 6.07) is 26.4. The minimum atomic E-state index is -0.740. The molecule has 1 heterocycles. The molecule has 0 radical (unpaired) electrons. The number of carboxylic acids is 1. The first-order chi connectivity index (χ1) is 16.6. The molecule has 1 aliphatic carbocycles. The van der Waals surface area contributed by atoms with Crippen molar-refractivity contribution in [3.63, 3.8) is 0 Å². The summed E-state index contributed by atoms with van der Waals surface area (Å²) in [5.74, 6) is 0.0459. The monoisotopic (exact) mass is 449 g/mol. The van der Waals surface area contributed by atoms with E-state index in [1.54, 1.807) is 0 Å². The zero-order valence-corrected chi connectivity index (χ0v) is 19.2. The van der Waals surface area contributed by atoms with Crippen LogP contribution in [-0.2, 0) is 23.1 Å². The van der Waals surface area contributed by atoms with Crippen molar-refractivity contribution >= 4 is 5.97 Å². The number of hydrogen-bond donors (Lipinski definition) is 1. The molecule has 5 rings (SSSR count). The van der Waals surface area contributed by atoms with Gasteiger partial charge in [0, 0.05) is 11.1 Å².